The van der Waals surface area contributed by atoms with Crippen molar-refractivity contribution in [2.45, 2.75) is 26.3 Å². The van der Waals surface area contributed by atoms with Crippen LogP contribution in [0.3, 0.4) is 0 Å². The van der Waals surface area contributed by atoms with E-state index in [1.54, 1.807) is 4.68 Å². The molecule has 2 rings (SSSR count). The third-order valence-electron chi connectivity index (χ3n) is 2.71. The van der Waals surface area contributed by atoms with Crippen LogP contribution >= 0.6 is 15.9 Å². The average molecular weight is 308 g/mol. The van der Waals surface area contributed by atoms with E-state index in [4.69, 9.17) is 0 Å². The summed E-state index contributed by atoms with van der Waals surface area (Å²) in [5.41, 5.74) is 2.15. The number of aldehydes is 1. The van der Waals surface area contributed by atoms with Crippen molar-refractivity contribution >= 4 is 22.2 Å². The fraction of sp³-hybridized carbons (Fsp3) is 0.308. The lowest BCUT2D eigenvalue weighted by Gasteiger charge is -2.06. The van der Waals surface area contributed by atoms with E-state index in [0.29, 0.717) is 5.69 Å². The van der Waals surface area contributed by atoms with Gasteiger partial charge in [0.25, 0.3) is 0 Å². The Morgan fingerprint density at radius 1 is 1.33 bits per heavy atom. The Hall–Kier alpha value is -1.49. The van der Waals surface area contributed by atoms with Gasteiger partial charge >= 0.3 is 0 Å². The maximum atomic E-state index is 11.0. The predicted octanol–water partition coefficient (Wildman–Crippen LogP) is 3.32. The van der Waals surface area contributed by atoms with Crippen LogP contribution in [0.15, 0.2) is 28.7 Å². The summed E-state index contributed by atoms with van der Waals surface area (Å²) in [6, 6.07) is 7.80. The minimum Gasteiger partial charge on any atom is -0.296 e. The van der Waals surface area contributed by atoms with Crippen molar-refractivity contribution in [1.29, 1.82) is 0 Å². The van der Waals surface area contributed by atoms with Crippen LogP contribution in [0.5, 0.6) is 0 Å². The average Bonchev–Trinajstić information content (AvgIpc) is 2.80. The number of unbranched alkanes of at least 4 members (excludes halogenated alkanes) is 1. The molecule has 5 heteroatoms. The van der Waals surface area contributed by atoms with Gasteiger partial charge in [-0.1, -0.05) is 46.6 Å². The third-order valence-corrected chi connectivity index (χ3v) is 3.24. The highest BCUT2D eigenvalue weighted by Gasteiger charge is 2.13. The molecule has 0 fully saturated rings. The second-order valence-corrected chi connectivity index (χ2v) is 4.94. The first-order valence-electron chi connectivity index (χ1n) is 5.91. The summed E-state index contributed by atoms with van der Waals surface area (Å²) in [7, 11) is 0. The molecule has 0 amide bonds. The molecule has 0 N–H and O–H groups in total. The SMILES string of the molecule is CCCCn1nnc(C=O)c1-c1ccc(Br)cc1. The van der Waals surface area contributed by atoms with Gasteiger partial charge in [-0.3, -0.25) is 4.79 Å². The molecule has 4 nitrogen and oxygen atoms in total. The molecule has 0 aliphatic rings. The smallest absolute Gasteiger partial charge is 0.172 e. The van der Waals surface area contributed by atoms with E-state index in [-0.39, 0.29) is 0 Å². The van der Waals surface area contributed by atoms with Gasteiger partial charge in [0.2, 0.25) is 0 Å². The fourth-order valence-corrected chi connectivity index (χ4v) is 2.04. The van der Waals surface area contributed by atoms with Crippen molar-refractivity contribution in [3.63, 3.8) is 0 Å². The van der Waals surface area contributed by atoms with E-state index >= 15 is 0 Å². The normalized spacial score (nSPS) is 10.6. The summed E-state index contributed by atoms with van der Waals surface area (Å²) < 4.78 is 2.81. The molecule has 0 saturated heterocycles. The molecule has 0 spiro atoms. The second kappa shape index (κ2) is 5.91. The van der Waals surface area contributed by atoms with Crippen molar-refractivity contribution < 1.29 is 4.79 Å². The van der Waals surface area contributed by atoms with E-state index in [1.165, 1.54) is 0 Å². The molecule has 0 radical (unpaired) electrons. The second-order valence-electron chi connectivity index (χ2n) is 4.02. The van der Waals surface area contributed by atoms with Crippen molar-refractivity contribution in [3.05, 3.63) is 34.4 Å². The van der Waals surface area contributed by atoms with Gasteiger partial charge in [-0.05, 0) is 18.6 Å². The van der Waals surface area contributed by atoms with Crippen molar-refractivity contribution in [1.82, 2.24) is 15.0 Å². The number of rotatable bonds is 5. The van der Waals surface area contributed by atoms with E-state index in [2.05, 4.69) is 33.2 Å². The first-order valence-corrected chi connectivity index (χ1v) is 6.70. The molecular formula is C13H14BrN3O. The van der Waals surface area contributed by atoms with E-state index < -0.39 is 0 Å². The standard InChI is InChI=1S/C13H14BrN3O/c1-2-3-8-17-13(12(9-18)15-16-17)10-4-6-11(14)7-5-10/h4-7,9H,2-3,8H2,1H3. The summed E-state index contributed by atoms with van der Waals surface area (Å²) in [5.74, 6) is 0. The third kappa shape index (κ3) is 2.67. The van der Waals surface area contributed by atoms with Crippen LogP contribution in [0.2, 0.25) is 0 Å². The van der Waals surface area contributed by atoms with E-state index in [1.807, 2.05) is 24.3 Å². The number of hydrogen-bond donors (Lipinski definition) is 0. The van der Waals surface area contributed by atoms with Crippen LogP contribution in [0.25, 0.3) is 11.3 Å². The highest BCUT2D eigenvalue weighted by molar-refractivity contribution is 9.10. The lowest BCUT2D eigenvalue weighted by molar-refractivity contribution is 0.111. The Balaban J connectivity index is 2.42. The molecule has 18 heavy (non-hydrogen) atoms. The van der Waals surface area contributed by atoms with Gasteiger partial charge in [-0.15, -0.1) is 5.10 Å². The van der Waals surface area contributed by atoms with Crippen LogP contribution in [0.4, 0.5) is 0 Å². The van der Waals surface area contributed by atoms with Crippen LogP contribution in [-0.4, -0.2) is 21.3 Å². The number of carbonyl (C=O) groups excluding carboxylic acids is 1. The van der Waals surface area contributed by atoms with Crippen LogP contribution < -0.4 is 0 Å². The highest BCUT2D eigenvalue weighted by atomic mass is 79.9. The lowest BCUT2D eigenvalue weighted by atomic mass is 10.1. The molecule has 94 valence electrons. The fourth-order valence-electron chi connectivity index (χ4n) is 1.77. The first-order chi connectivity index (χ1) is 8.76. The van der Waals surface area contributed by atoms with Crippen LogP contribution in [-0.2, 0) is 6.54 Å². The van der Waals surface area contributed by atoms with Gasteiger partial charge in [-0.25, -0.2) is 4.68 Å². The van der Waals surface area contributed by atoms with Gasteiger partial charge < -0.3 is 0 Å². The molecule has 0 bridgehead atoms. The van der Waals surface area contributed by atoms with Gasteiger partial charge in [0.05, 0.1) is 5.69 Å². The van der Waals surface area contributed by atoms with Crippen LogP contribution in [0, 0.1) is 0 Å². The van der Waals surface area contributed by atoms with E-state index in [9.17, 15) is 4.79 Å². The summed E-state index contributed by atoms with van der Waals surface area (Å²) in [6.45, 7) is 2.90. The molecule has 1 aromatic carbocycles. The number of benzene rings is 1. The Morgan fingerprint density at radius 3 is 2.67 bits per heavy atom. The Morgan fingerprint density at radius 2 is 2.06 bits per heavy atom. The minimum absolute atomic E-state index is 0.397. The molecule has 0 atom stereocenters. The van der Waals surface area contributed by atoms with Crippen molar-refractivity contribution in [2.24, 2.45) is 0 Å². The quantitative estimate of drug-likeness (QED) is 0.796. The summed E-state index contributed by atoms with van der Waals surface area (Å²) in [5, 5.41) is 7.97. The molecule has 1 aromatic heterocycles. The summed E-state index contributed by atoms with van der Waals surface area (Å²) in [6.07, 6.45) is 2.86. The lowest BCUT2D eigenvalue weighted by Crippen LogP contribution is -2.03. The topological polar surface area (TPSA) is 47.8 Å². The van der Waals surface area contributed by atoms with Gasteiger partial charge in [0, 0.05) is 16.6 Å². The molecule has 0 unspecified atom stereocenters. The number of aryl methyl sites for hydroxylation is 1. The molecule has 0 saturated carbocycles. The molecule has 0 aliphatic heterocycles. The van der Waals surface area contributed by atoms with Crippen LogP contribution in [0.1, 0.15) is 30.3 Å². The van der Waals surface area contributed by atoms with Crippen molar-refractivity contribution in [2.75, 3.05) is 0 Å². The van der Waals surface area contributed by atoms with Gasteiger partial charge in [-0.2, -0.15) is 0 Å². The molecule has 2 aromatic rings. The zero-order valence-electron chi connectivity index (χ0n) is 10.1. The summed E-state index contributed by atoms with van der Waals surface area (Å²) in [4.78, 5) is 11.0. The maximum absolute atomic E-state index is 11.0. The van der Waals surface area contributed by atoms with Gasteiger partial charge in [0.15, 0.2) is 12.0 Å². The maximum Gasteiger partial charge on any atom is 0.172 e. The molecular weight excluding hydrogens is 294 g/mol. The van der Waals surface area contributed by atoms with Crippen molar-refractivity contribution in [3.8, 4) is 11.3 Å². The number of hydrogen-bond acceptors (Lipinski definition) is 3. The zero-order chi connectivity index (χ0) is 13.0. The zero-order valence-corrected chi connectivity index (χ0v) is 11.7. The number of nitrogens with zero attached hydrogens (tertiary/aromatic N) is 3. The first kappa shape index (κ1) is 13.0. The Labute approximate surface area is 114 Å². The molecule has 1 heterocycles. The number of halogens is 1. The molecule has 0 aliphatic carbocycles. The largest absolute Gasteiger partial charge is 0.296 e. The Bertz CT molecular complexity index is 534. The van der Waals surface area contributed by atoms with Gasteiger partial charge in [0.1, 0.15) is 0 Å². The number of carbonyl (C=O) groups is 1. The number of aromatic nitrogens is 3. The summed E-state index contributed by atoms with van der Waals surface area (Å²) >= 11 is 3.40. The predicted molar refractivity (Wildman–Crippen MR) is 73.5 cm³/mol. The monoisotopic (exact) mass is 307 g/mol. The minimum atomic E-state index is 0.397. The Kier molecular flexibility index (Phi) is 4.25. The van der Waals surface area contributed by atoms with E-state index in [0.717, 1.165) is 41.4 Å². The highest BCUT2D eigenvalue weighted by Crippen LogP contribution is 2.23.